The fourth-order valence-electron chi connectivity index (χ4n) is 7.76. The minimum Gasteiger partial charge on any atom is -0.488 e. The van der Waals surface area contributed by atoms with Gasteiger partial charge in [-0.25, -0.2) is 9.59 Å². The number of morpholine rings is 2. The highest BCUT2D eigenvalue weighted by molar-refractivity contribution is 14.1. The summed E-state index contributed by atoms with van der Waals surface area (Å²) >= 11 is 2.28. The fraction of sp³-hybridized carbons (Fsp3) is 0.700. The van der Waals surface area contributed by atoms with Crippen molar-refractivity contribution in [3.63, 3.8) is 0 Å². The molecule has 0 spiro atoms. The average molecular weight is 824 g/mol. The second-order valence-corrected chi connectivity index (χ2v) is 15.8. The molecular weight excluding hydrogens is 761 g/mol. The number of nitrogens with one attached hydrogen (secondary N) is 1. The predicted octanol–water partition coefficient (Wildman–Crippen LogP) is 6.24. The maximum absolute atomic E-state index is 14.3. The standard InChI is InChI=1S/C40H62IN3O7/c1-9-28-13-14-30(23-29(28)10-2)50-39(5,6)27-40(7,8)51-38(46)35-32(11-3)36(34(24-41)42-33(35)12-4)37(45)49-31(25-43-15-19-47-20-16-43)26-44-17-21-48-22-18-44/h13-14,23,31-32,42H,9-12,15-22,24-27H2,1-8H3. The van der Waals surface area contributed by atoms with E-state index in [0.717, 1.165) is 56.2 Å². The lowest BCUT2D eigenvalue weighted by Gasteiger charge is -2.37. The maximum atomic E-state index is 14.3. The molecule has 0 bridgehead atoms. The SMILES string of the molecule is CCC1=C(C(=O)OC(C)(C)CC(C)(C)Oc2ccc(CC)c(CC)c2)C(CC)C(C(=O)OC(CN2CCOCC2)CN2CCOCC2)=C(CI)N1. The molecule has 0 saturated carbocycles. The summed E-state index contributed by atoms with van der Waals surface area (Å²) in [6.45, 7) is 23.5. The zero-order valence-electron chi connectivity index (χ0n) is 32.3. The molecule has 286 valence electrons. The fourth-order valence-corrected chi connectivity index (χ4v) is 8.36. The largest absolute Gasteiger partial charge is 0.488 e. The first kappa shape index (κ1) is 41.6. The lowest BCUT2D eigenvalue weighted by atomic mass is 9.82. The third-order valence-corrected chi connectivity index (χ3v) is 10.7. The first-order valence-corrected chi connectivity index (χ1v) is 20.5. The monoisotopic (exact) mass is 823 g/mol. The van der Waals surface area contributed by atoms with E-state index in [1.807, 2.05) is 47.6 Å². The average Bonchev–Trinajstić information content (AvgIpc) is 3.10. The Balaban J connectivity index is 1.52. The molecule has 10 nitrogen and oxygen atoms in total. The van der Waals surface area contributed by atoms with Crippen molar-refractivity contribution >= 4 is 34.5 Å². The molecule has 1 aromatic carbocycles. The number of dihydropyridines is 1. The number of allylic oxidation sites excluding steroid dienone is 2. The van der Waals surface area contributed by atoms with Crippen molar-refractivity contribution < 1.29 is 33.3 Å². The van der Waals surface area contributed by atoms with Gasteiger partial charge in [-0.1, -0.05) is 56.4 Å². The van der Waals surface area contributed by atoms with E-state index in [1.54, 1.807) is 0 Å². The lowest BCUT2D eigenvalue weighted by molar-refractivity contribution is -0.156. The molecule has 2 fully saturated rings. The number of carbonyl (C=O) groups is 2. The van der Waals surface area contributed by atoms with E-state index in [9.17, 15) is 9.59 Å². The Morgan fingerprint density at radius 2 is 1.39 bits per heavy atom. The van der Waals surface area contributed by atoms with Crippen molar-refractivity contribution in [2.24, 2.45) is 5.92 Å². The van der Waals surface area contributed by atoms with E-state index in [-0.39, 0.29) is 12.1 Å². The number of halogens is 1. The van der Waals surface area contributed by atoms with Crippen LogP contribution in [-0.4, -0.2) is 109 Å². The van der Waals surface area contributed by atoms with Crippen LogP contribution in [0, 0.1) is 5.92 Å². The van der Waals surface area contributed by atoms with E-state index in [1.165, 1.54) is 11.1 Å². The van der Waals surface area contributed by atoms with Gasteiger partial charge in [-0.3, -0.25) is 9.80 Å². The maximum Gasteiger partial charge on any atom is 0.336 e. The second kappa shape index (κ2) is 19.2. The summed E-state index contributed by atoms with van der Waals surface area (Å²) in [5, 5.41) is 3.47. The van der Waals surface area contributed by atoms with Crippen LogP contribution in [0.25, 0.3) is 0 Å². The molecule has 1 N–H and O–H groups in total. The molecule has 2 saturated heterocycles. The number of alkyl halides is 1. The third kappa shape index (κ3) is 11.6. The van der Waals surface area contributed by atoms with Crippen LogP contribution in [0.4, 0.5) is 0 Å². The number of hydrogen-bond acceptors (Lipinski definition) is 10. The number of aryl methyl sites for hydroxylation is 2. The number of carbonyl (C=O) groups excluding carboxylic acids is 2. The third-order valence-electron chi connectivity index (χ3n) is 9.94. The van der Waals surface area contributed by atoms with Crippen LogP contribution in [0.5, 0.6) is 5.75 Å². The van der Waals surface area contributed by atoms with Gasteiger partial charge in [-0.15, -0.1) is 0 Å². The van der Waals surface area contributed by atoms with Crippen molar-refractivity contribution in [3.8, 4) is 5.75 Å². The Morgan fingerprint density at radius 3 is 1.90 bits per heavy atom. The smallest absolute Gasteiger partial charge is 0.336 e. The normalized spacial score (nSPS) is 19.7. The minimum atomic E-state index is -0.850. The number of esters is 2. The highest BCUT2D eigenvalue weighted by atomic mass is 127. The predicted molar refractivity (Wildman–Crippen MR) is 209 cm³/mol. The number of nitrogens with zero attached hydrogens (tertiary/aromatic N) is 2. The van der Waals surface area contributed by atoms with E-state index in [2.05, 4.69) is 63.7 Å². The number of rotatable bonds is 17. The van der Waals surface area contributed by atoms with Crippen molar-refractivity contribution in [1.82, 2.24) is 15.1 Å². The van der Waals surface area contributed by atoms with Gasteiger partial charge in [0.15, 0.2) is 0 Å². The van der Waals surface area contributed by atoms with E-state index < -0.39 is 23.1 Å². The van der Waals surface area contributed by atoms with Crippen LogP contribution in [0.15, 0.2) is 40.7 Å². The number of ether oxygens (including phenoxy) is 5. The van der Waals surface area contributed by atoms with Crippen molar-refractivity contribution in [2.45, 2.75) is 105 Å². The lowest BCUT2D eigenvalue weighted by Crippen LogP contribution is -2.49. The summed E-state index contributed by atoms with van der Waals surface area (Å²) < 4.78 is 31.0. The Hall–Kier alpha value is -2.19. The zero-order chi connectivity index (χ0) is 37.2. The molecule has 11 heteroatoms. The Morgan fingerprint density at radius 1 is 0.824 bits per heavy atom. The Kier molecular flexibility index (Phi) is 15.7. The van der Waals surface area contributed by atoms with Crippen LogP contribution in [0.3, 0.4) is 0 Å². The first-order chi connectivity index (χ1) is 24.3. The summed E-state index contributed by atoms with van der Waals surface area (Å²) in [6.07, 6.45) is 3.21. The quantitative estimate of drug-likeness (QED) is 0.111. The van der Waals surface area contributed by atoms with Gasteiger partial charge in [-0.2, -0.15) is 0 Å². The van der Waals surface area contributed by atoms with Crippen LogP contribution < -0.4 is 10.1 Å². The summed E-state index contributed by atoms with van der Waals surface area (Å²) in [4.78, 5) is 33.2. The summed E-state index contributed by atoms with van der Waals surface area (Å²) in [6, 6.07) is 6.30. The van der Waals surface area contributed by atoms with Gasteiger partial charge in [0, 0.05) is 67.4 Å². The highest BCUT2D eigenvalue weighted by Gasteiger charge is 2.41. The molecular formula is C40H62IN3O7. The molecule has 1 atom stereocenters. The topological polar surface area (TPSA) is 98.8 Å². The van der Waals surface area contributed by atoms with Crippen LogP contribution >= 0.6 is 22.6 Å². The molecule has 0 aromatic heterocycles. The van der Waals surface area contributed by atoms with Gasteiger partial charge in [0.05, 0.1) is 37.6 Å². The molecule has 51 heavy (non-hydrogen) atoms. The number of hydrogen-bond donors (Lipinski definition) is 1. The Bertz CT molecular complexity index is 1380. The molecule has 1 unspecified atom stereocenters. The van der Waals surface area contributed by atoms with E-state index in [4.69, 9.17) is 23.7 Å². The molecule has 1 aromatic rings. The first-order valence-electron chi connectivity index (χ1n) is 19.0. The molecule has 3 aliphatic rings. The van der Waals surface area contributed by atoms with Gasteiger partial charge in [0.2, 0.25) is 0 Å². The molecule has 3 heterocycles. The molecule has 4 rings (SSSR count). The van der Waals surface area contributed by atoms with Crippen LogP contribution in [0.1, 0.15) is 85.8 Å². The van der Waals surface area contributed by atoms with Gasteiger partial charge in [0.25, 0.3) is 0 Å². The zero-order valence-corrected chi connectivity index (χ0v) is 34.5. The molecule has 3 aliphatic heterocycles. The van der Waals surface area contributed by atoms with Crippen molar-refractivity contribution in [1.29, 1.82) is 0 Å². The second-order valence-electron chi connectivity index (χ2n) is 15.0. The van der Waals surface area contributed by atoms with Gasteiger partial charge in [-0.05, 0) is 76.6 Å². The van der Waals surface area contributed by atoms with Gasteiger partial charge in [0.1, 0.15) is 23.1 Å². The summed E-state index contributed by atoms with van der Waals surface area (Å²) in [5.41, 5.74) is 3.77. The number of benzene rings is 1. The molecule has 0 amide bonds. The Labute approximate surface area is 320 Å². The van der Waals surface area contributed by atoms with Crippen molar-refractivity contribution in [2.75, 3.05) is 70.1 Å². The summed E-state index contributed by atoms with van der Waals surface area (Å²) in [7, 11) is 0. The highest BCUT2D eigenvalue weighted by Crippen LogP contribution is 2.38. The molecule has 0 radical (unpaired) electrons. The van der Waals surface area contributed by atoms with E-state index in [0.29, 0.717) is 74.4 Å². The summed E-state index contributed by atoms with van der Waals surface area (Å²) in [5.74, 6) is -0.427. The van der Waals surface area contributed by atoms with Gasteiger partial charge >= 0.3 is 11.9 Å². The van der Waals surface area contributed by atoms with Crippen molar-refractivity contribution in [3.05, 3.63) is 51.9 Å². The van der Waals surface area contributed by atoms with Gasteiger partial charge < -0.3 is 29.0 Å². The minimum absolute atomic E-state index is 0.339. The van der Waals surface area contributed by atoms with E-state index >= 15 is 0 Å². The van der Waals surface area contributed by atoms with Crippen LogP contribution in [0.2, 0.25) is 0 Å². The van der Waals surface area contributed by atoms with Crippen LogP contribution in [-0.2, 0) is 41.4 Å². The molecule has 0 aliphatic carbocycles.